The van der Waals surface area contributed by atoms with Gasteiger partial charge in [-0.2, -0.15) is 0 Å². The summed E-state index contributed by atoms with van der Waals surface area (Å²) in [6.45, 7) is 8.73. The third-order valence-electron chi connectivity index (χ3n) is 3.02. The highest BCUT2D eigenvalue weighted by atomic mass is 15.2. The van der Waals surface area contributed by atoms with E-state index >= 15 is 0 Å². The van der Waals surface area contributed by atoms with Crippen LogP contribution < -0.4 is 10.6 Å². The van der Waals surface area contributed by atoms with E-state index in [0.717, 1.165) is 18.7 Å². The Hall–Kier alpha value is -1.03. The van der Waals surface area contributed by atoms with Gasteiger partial charge in [0.2, 0.25) is 0 Å². The molecule has 0 aromatic heterocycles. The van der Waals surface area contributed by atoms with Crippen molar-refractivity contribution in [3.8, 4) is 0 Å². The standard InChI is InChI=1S/C10H19N5/c1-4-8(7-14-15-11)10(2,3)9-12-5-6-13-9/h4,9,12-13H,5-7H2,1-3H3. The van der Waals surface area contributed by atoms with Crippen LogP contribution in [0, 0.1) is 5.41 Å². The van der Waals surface area contributed by atoms with Crippen LogP contribution in [0.15, 0.2) is 16.8 Å². The van der Waals surface area contributed by atoms with E-state index in [4.69, 9.17) is 5.53 Å². The molecule has 1 aliphatic rings. The van der Waals surface area contributed by atoms with E-state index in [1.165, 1.54) is 0 Å². The van der Waals surface area contributed by atoms with E-state index in [1.807, 2.05) is 13.0 Å². The van der Waals surface area contributed by atoms with Crippen molar-refractivity contribution >= 4 is 0 Å². The molecule has 1 fully saturated rings. The first kappa shape index (κ1) is 12.0. The van der Waals surface area contributed by atoms with Gasteiger partial charge in [0.1, 0.15) is 0 Å². The fourth-order valence-corrected chi connectivity index (χ4v) is 1.98. The number of allylic oxidation sites excluding steroid dienone is 1. The van der Waals surface area contributed by atoms with Gasteiger partial charge < -0.3 is 0 Å². The zero-order chi connectivity index (χ0) is 11.3. The minimum absolute atomic E-state index is 0.0283. The largest absolute Gasteiger partial charge is 0.300 e. The summed E-state index contributed by atoms with van der Waals surface area (Å²) in [6.07, 6.45) is 2.30. The highest BCUT2D eigenvalue weighted by Crippen LogP contribution is 2.30. The number of nitrogens with zero attached hydrogens (tertiary/aromatic N) is 3. The molecule has 1 rings (SSSR count). The highest BCUT2D eigenvalue weighted by molar-refractivity contribution is 5.17. The van der Waals surface area contributed by atoms with Crippen molar-refractivity contribution in [1.82, 2.24) is 10.6 Å². The predicted octanol–water partition coefficient (Wildman–Crippen LogP) is 1.79. The molecule has 5 nitrogen and oxygen atoms in total. The molecule has 0 aliphatic carbocycles. The van der Waals surface area contributed by atoms with Crippen molar-refractivity contribution in [2.75, 3.05) is 19.6 Å². The summed E-state index contributed by atoms with van der Waals surface area (Å²) < 4.78 is 0. The van der Waals surface area contributed by atoms with E-state index in [1.54, 1.807) is 0 Å². The number of rotatable bonds is 4. The zero-order valence-electron chi connectivity index (χ0n) is 9.62. The molecule has 0 radical (unpaired) electrons. The predicted molar refractivity (Wildman–Crippen MR) is 61.3 cm³/mol. The second-order valence-electron chi connectivity index (χ2n) is 4.27. The SMILES string of the molecule is CC=C(CN=[N+]=[N-])C(C)(C)C1NCCN1. The van der Waals surface area contributed by atoms with E-state index in [2.05, 4.69) is 34.5 Å². The molecule has 0 aromatic carbocycles. The molecule has 84 valence electrons. The number of azide groups is 1. The summed E-state index contributed by atoms with van der Waals surface area (Å²) in [5.74, 6) is 0. The van der Waals surface area contributed by atoms with Gasteiger partial charge in [0.15, 0.2) is 0 Å². The second-order valence-corrected chi connectivity index (χ2v) is 4.27. The van der Waals surface area contributed by atoms with Gasteiger partial charge in [-0.15, -0.1) is 0 Å². The van der Waals surface area contributed by atoms with Crippen molar-refractivity contribution < 1.29 is 0 Å². The molecule has 0 aromatic rings. The van der Waals surface area contributed by atoms with Crippen LogP contribution in [0.25, 0.3) is 10.4 Å². The molecule has 0 spiro atoms. The van der Waals surface area contributed by atoms with Crippen LogP contribution in [0.5, 0.6) is 0 Å². The molecule has 1 saturated heterocycles. The van der Waals surface area contributed by atoms with Gasteiger partial charge in [0, 0.05) is 30.0 Å². The molecule has 0 unspecified atom stereocenters. The van der Waals surface area contributed by atoms with Gasteiger partial charge in [-0.05, 0) is 12.5 Å². The molecule has 1 heterocycles. The Bertz CT molecular complexity index is 282. The van der Waals surface area contributed by atoms with E-state index in [0.29, 0.717) is 6.54 Å². The van der Waals surface area contributed by atoms with Gasteiger partial charge in [-0.3, -0.25) is 10.6 Å². The van der Waals surface area contributed by atoms with Crippen molar-refractivity contribution in [2.45, 2.75) is 26.9 Å². The Morgan fingerprint density at radius 1 is 1.53 bits per heavy atom. The summed E-state index contributed by atoms with van der Waals surface area (Å²) in [5, 5.41) is 10.4. The maximum absolute atomic E-state index is 8.34. The molecule has 15 heavy (non-hydrogen) atoms. The van der Waals surface area contributed by atoms with Crippen molar-refractivity contribution in [2.24, 2.45) is 10.5 Å². The number of hydrogen-bond donors (Lipinski definition) is 2. The first-order valence-electron chi connectivity index (χ1n) is 5.26. The summed E-state index contributed by atoms with van der Waals surface area (Å²) in [5.41, 5.74) is 9.47. The topological polar surface area (TPSA) is 72.8 Å². The molecule has 0 bridgehead atoms. The Kier molecular flexibility index (Phi) is 4.15. The average Bonchev–Trinajstić information content (AvgIpc) is 2.72. The summed E-state index contributed by atoms with van der Waals surface area (Å²) in [7, 11) is 0. The first-order valence-corrected chi connectivity index (χ1v) is 5.26. The molecule has 5 heteroatoms. The molecular weight excluding hydrogens is 190 g/mol. The Labute approximate surface area is 90.6 Å². The van der Waals surface area contributed by atoms with Crippen molar-refractivity contribution in [3.05, 3.63) is 22.1 Å². The van der Waals surface area contributed by atoms with E-state index in [9.17, 15) is 0 Å². The average molecular weight is 209 g/mol. The van der Waals surface area contributed by atoms with Crippen LogP contribution >= 0.6 is 0 Å². The summed E-state index contributed by atoms with van der Waals surface area (Å²) in [4.78, 5) is 2.81. The summed E-state index contributed by atoms with van der Waals surface area (Å²) >= 11 is 0. The molecule has 0 atom stereocenters. The fraction of sp³-hybridized carbons (Fsp3) is 0.800. The lowest BCUT2D eigenvalue weighted by molar-refractivity contribution is 0.292. The van der Waals surface area contributed by atoms with Crippen LogP contribution in [0.1, 0.15) is 20.8 Å². The van der Waals surface area contributed by atoms with Gasteiger partial charge in [0.05, 0.1) is 6.17 Å². The molecule has 2 N–H and O–H groups in total. The maximum atomic E-state index is 8.34. The Morgan fingerprint density at radius 3 is 2.60 bits per heavy atom. The monoisotopic (exact) mass is 209 g/mol. The Morgan fingerprint density at radius 2 is 2.13 bits per heavy atom. The molecule has 0 saturated carbocycles. The van der Waals surface area contributed by atoms with Crippen LogP contribution in [0.3, 0.4) is 0 Å². The molecule has 0 amide bonds. The van der Waals surface area contributed by atoms with Crippen molar-refractivity contribution in [1.29, 1.82) is 0 Å². The second kappa shape index (κ2) is 5.16. The Balaban J connectivity index is 2.76. The highest BCUT2D eigenvalue weighted by Gasteiger charge is 2.33. The maximum Gasteiger partial charge on any atom is 0.0663 e. The normalized spacial score (nSPS) is 19.0. The third-order valence-corrected chi connectivity index (χ3v) is 3.02. The third kappa shape index (κ3) is 2.72. The van der Waals surface area contributed by atoms with Gasteiger partial charge >= 0.3 is 0 Å². The van der Waals surface area contributed by atoms with E-state index < -0.39 is 0 Å². The summed E-state index contributed by atoms with van der Waals surface area (Å²) in [6, 6.07) is 0. The van der Waals surface area contributed by atoms with Gasteiger partial charge in [-0.1, -0.05) is 30.6 Å². The van der Waals surface area contributed by atoms with Crippen LogP contribution in [0.2, 0.25) is 0 Å². The lowest BCUT2D eigenvalue weighted by atomic mass is 9.81. The number of nitrogens with one attached hydrogen (secondary N) is 2. The quantitative estimate of drug-likeness (QED) is 0.320. The molecule has 1 aliphatic heterocycles. The van der Waals surface area contributed by atoms with Crippen LogP contribution in [0.4, 0.5) is 0 Å². The van der Waals surface area contributed by atoms with Crippen molar-refractivity contribution in [3.63, 3.8) is 0 Å². The fourth-order valence-electron chi connectivity index (χ4n) is 1.98. The minimum atomic E-state index is -0.0283. The minimum Gasteiger partial charge on any atom is -0.300 e. The number of hydrogen-bond acceptors (Lipinski definition) is 3. The van der Waals surface area contributed by atoms with Gasteiger partial charge in [-0.25, -0.2) is 0 Å². The smallest absolute Gasteiger partial charge is 0.0663 e. The molecular formula is C10H19N5. The lowest BCUT2D eigenvalue weighted by Gasteiger charge is -2.34. The van der Waals surface area contributed by atoms with Crippen LogP contribution in [-0.2, 0) is 0 Å². The first-order chi connectivity index (χ1) is 7.12. The van der Waals surface area contributed by atoms with Gasteiger partial charge in [0.25, 0.3) is 0 Å². The zero-order valence-corrected chi connectivity index (χ0v) is 9.62. The van der Waals surface area contributed by atoms with Crippen LogP contribution in [-0.4, -0.2) is 25.8 Å². The lowest BCUT2D eigenvalue weighted by Crippen LogP contribution is -2.46. The van der Waals surface area contributed by atoms with E-state index in [-0.39, 0.29) is 11.6 Å².